The van der Waals surface area contributed by atoms with Crippen molar-refractivity contribution in [1.82, 2.24) is 0 Å². The first kappa shape index (κ1) is 15.1. The summed E-state index contributed by atoms with van der Waals surface area (Å²) in [7, 11) is 0. The Kier molecular flexibility index (Phi) is 3.75. The third-order valence-electron chi connectivity index (χ3n) is 3.13. The van der Waals surface area contributed by atoms with E-state index in [-0.39, 0.29) is 33.2 Å². The van der Waals surface area contributed by atoms with Crippen LogP contribution in [0.2, 0.25) is 5.02 Å². The summed E-state index contributed by atoms with van der Waals surface area (Å²) in [4.78, 5) is 15.6. The van der Waals surface area contributed by atoms with Crippen LogP contribution in [0.4, 0.5) is 10.1 Å². The molecule has 0 aliphatic carbocycles. The van der Waals surface area contributed by atoms with Crippen molar-refractivity contribution < 1.29 is 18.7 Å². The van der Waals surface area contributed by atoms with Gasteiger partial charge >= 0.3 is 0 Å². The Morgan fingerprint density at radius 1 is 1.22 bits per heavy atom. The predicted octanol–water partition coefficient (Wildman–Crippen LogP) is 3.26. The van der Waals surface area contributed by atoms with E-state index in [1.165, 1.54) is 30.3 Å². The Labute approximate surface area is 134 Å². The van der Waals surface area contributed by atoms with E-state index in [4.69, 9.17) is 21.8 Å². The molecule has 3 rings (SSSR count). The first-order valence-corrected chi connectivity index (χ1v) is 6.88. The molecule has 0 radical (unpaired) electrons. The van der Waals surface area contributed by atoms with E-state index < -0.39 is 11.7 Å². The molecule has 0 bridgehead atoms. The predicted molar refractivity (Wildman–Crippen MR) is 83.0 cm³/mol. The molecule has 3 N–H and O–H groups in total. The Balaban J connectivity index is 2.33. The Hall–Kier alpha value is -2.86. The fourth-order valence-electron chi connectivity index (χ4n) is 2.05. The van der Waals surface area contributed by atoms with Crippen LogP contribution in [-0.2, 0) is 0 Å². The van der Waals surface area contributed by atoms with Crippen LogP contribution < -0.4 is 11.3 Å². The van der Waals surface area contributed by atoms with E-state index in [0.717, 1.165) is 6.07 Å². The van der Waals surface area contributed by atoms with Crippen molar-refractivity contribution in [2.24, 2.45) is 10.7 Å². The number of nitrogens with zero attached hydrogens (tertiary/aromatic N) is 1. The zero-order chi connectivity index (χ0) is 16.6. The Morgan fingerprint density at radius 3 is 2.74 bits per heavy atom. The summed E-state index contributed by atoms with van der Waals surface area (Å²) in [5.74, 6) is -1.42. The lowest BCUT2D eigenvalue weighted by atomic mass is 10.1. The molecule has 2 aromatic carbocycles. The summed E-state index contributed by atoms with van der Waals surface area (Å²) < 4.78 is 19.3. The number of rotatable bonds is 2. The second-order valence-corrected chi connectivity index (χ2v) is 5.20. The molecule has 5 nitrogen and oxygen atoms in total. The van der Waals surface area contributed by atoms with Gasteiger partial charge in [0.15, 0.2) is 0 Å². The highest BCUT2D eigenvalue weighted by Gasteiger charge is 2.11. The van der Waals surface area contributed by atoms with Gasteiger partial charge in [-0.2, -0.15) is 0 Å². The van der Waals surface area contributed by atoms with Crippen molar-refractivity contribution in [2.75, 3.05) is 0 Å². The molecule has 0 spiro atoms. The highest BCUT2D eigenvalue weighted by atomic mass is 35.5. The van der Waals surface area contributed by atoms with Gasteiger partial charge in [-0.3, -0.25) is 4.79 Å². The van der Waals surface area contributed by atoms with E-state index in [9.17, 15) is 14.3 Å². The molecular weight excluding hydrogens is 323 g/mol. The molecule has 1 aromatic heterocycles. The van der Waals surface area contributed by atoms with Gasteiger partial charge in [0, 0.05) is 16.5 Å². The summed E-state index contributed by atoms with van der Waals surface area (Å²) in [6.07, 6.45) is 0. The molecule has 0 atom stereocenters. The summed E-state index contributed by atoms with van der Waals surface area (Å²) in [6, 6.07) is 9.64. The number of amides is 1. The molecule has 1 amide bonds. The molecule has 0 unspecified atom stereocenters. The number of hydrogen-bond donors (Lipinski definition) is 2. The van der Waals surface area contributed by atoms with Crippen molar-refractivity contribution in [2.45, 2.75) is 0 Å². The number of hydrogen-bond acceptors (Lipinski definition) is 4. The van der Waals surface area contributed by atoms with E-state index in [1.807, 2.05) is 0 Å². The topological polar surface area (TPSA) is 88.8 Å². The van der Waals surface area contributed by atoms with Gasteiger partial charge in [0.25, 0.3) is 5.91 Å². The second-order valence-electron chi connectivity index (χ2n) is 4.76. The lowest BCUT2D eigenvalue weighted by Gasteiger charge is -2.03. The normalized spacial score (nSPS) is 11.8. The largest absolute Gasteiger partial charge is 0.508 e. The van der Waals surface area contributed by atoms with Gasteiger partial charge in [0.2, 0.25) is 5.55 Å². The average molecular weight is 333 g/mol. The van der Waals surface area contributed by atoms with Gasteiger partial charge < -0.3 is 15.3 Å². The van der Waals surface area contributed by atoms with Crippen LogP contribution in [0.15, 0.2) is 51.9 Å². The number of primary amides is 1. The molecule has 7 heteroatoms. The van der Waals surface area contributed by atoms with Crippen LogP contribution in [0, 0.1) is 5.82 Å². The molecule has 1 heterocycles. The van der Waals surface area contributed by atoms with Crippen LogP contribution in [0.1, 0.15) is 10.4 Å². The molecule has 0 saturated carbocycles. The number of fused-ring (bicyclic) bond motifs is 1. The number of aromatic hydroxyl groups is 1. The maximum atomic E-state index is 13.8. The SMILES string of the molecule is NC(=O)c1cc2ccc(O)cc2oc1=Nc1cc(Cl)ccc1F. The van der Waals surface area contributed by atoms with Crippen molar-refractivity contribution in [3.05, 3.63) is 64.4 Å². The lowest BCUT2D eigenvalue weighted by Crippen LogP contribution is -2.21. The molecule has 0 aliphatic heterocycles. The van der Waals surface area contributed by atoms with E-state index in [2.05, 4.69) is 4.99 Å². The first-order valence-electron chi connectivity index (χ1n) is 6.50. The fraction of sp³-hybridized carbons (Fsp3) is 0. The average Bonchev–Trinajstić information content (AvgIpc) is 2.50. The number of halogens is 2. The molecule has 3 aromatic rings. The molecule has 0 aliphatic rings. The lowest BCUT2D eigenvalue weighted by molar-refractivity contribution is 0.0996. The minimum Gasteiger partial charge on any atom is -0.508 e. The first-order chi connectivity index (χ1) is 10.9. The van der Waals surface area contributed by atoms with E-state index >= 15 is 0 Å². The van der Waals surface area contributed by atoms with Gasteiger partial charge in [-0.05, 0) is 36.4 Å². The van der Waals surface area contributed by atoms with Gasteiger partial charge in [0.1, 0.15) is 28.4 Å². The zero-order valence-electron chi connectivity index (χ0n) is 11.6. The third kappa shape index (κ3) is 3.02. The van der Waals surface area contributed by atoms with E-state index in [0.29, 0.717) is 5.39 Å². The minimum atomic E-state index is -0.773. The number of carbonyl (C=O) groups excluding carboxylic acids is 1. The highest BCUT2D eigenvalue weighted by Crippen LogP contribution is 2.23. The van der Waals surface area contributed by atoms with Crippen LogP contribution in [0.3, 0.4) is 0 Å². The smallest absolute Gasteiger partial charge is 0.254 e. The quantitative estimate of drug-likeness (QED) is 0.754. The van der Waals surface area contributed by atoms with Crippen LogP contribution >= 0.6 is 11.6 Å². The summed E-state index contributed by atoms with van der Waals surface area (Å²) in [6.45, 7) is 0. The molecule has 0 fully saturated rings. The minimum absolute atomic E-state index is 0.0115. The third-order valence-corrected chi connectivity index (χ3v) is 3.36. The number of phenols is 1. The molecule has 23 heavy (non-hydrogen) atoms. The molecular formula is C16H10ClFN2O3. The standard InChI is InChI=1S/C16H10ClFN2O3/c17-9-2-4-12(18)13(6-9)20-16-11(15(19)22)5-8-1-3-10(21)7-14(8)23-16/h1-7,21H,(H2,19,22). The number of phenolic OH excluding ortho intramolecular Hbond substituents is 1. The Morgan fingerprint density at radius 2 is 2.00 bits per heavy atom. The second kappa shape index (κ2) is 5.73. The maximum Gasteiger partial charge on any atom is 0.254 e. The number of carbonyl (C=O) groups is 1. The van der Waals surface area contributed by atoms with E-state index in [1.54, 1.807) is 6.07 Å². The summed E-state index contributed by atoms with van der Waals surface area (Å²) in [5.41, 5.74) is 5.33. The monoisotopic (exact) mass is 332 g/mol. The summed E-state index contributed by atoms with van der Waals surface area (Å²) >= 11 is 5.82. The van der Waals surface area contributed by atoms with Crippen molar-refractivity contribution in [1.29, 1.82) is 0 Å². The molecule has 0 saturated heterocycles. The van der Waals surface area contributed by atoms with Gasteiger partial charge in [-0.15, -0.1) is 0 Å². The number of nitrogens with two attached hydrogens (primary N) is 1. The van der Waals surface area contributed by atoms with Crippen LogP contribution in [0.5, 0.6) is 5.75 Å². The Bertz CT molecular complexity index is 998. The van der Waals surface area contributed by atoms with Crippen LogP contribution in [0.25, 0.3) is 11.0 Å². The van der Waals surface area contributed by atoms with Crippen molar-refractivity contribution in [3.63, 3.8) is 0 Å². The highest BCUT2D eigenvalue weighted by molar-refractivity contribution is 6.30. The zero-order valence-corrected chi connectivity index (χ0v) is 12.3. The van der Waals surface area contributed by atoms with Crippen molar-refractivity contribution >= 4 is 34.2 Å². The van der Waals surface area contributed by atoms with Crippen molar-refractivity contribution in [3.8, 4) is 5.75 Å². The van der Waals surface area contributed by atoms with Gasteiger partial charge in [0.05, 0.1) is 0 Å². The maximum absolute atomic E-state index is 13.8. The van der Waals surface area contributed by atoms with Gasteiger partial charge in [-0.25, -0.2) is 9.38 Å². The van der Waals surface area contributed by atoms with Gasteiger partial charge in [-0.1, -0.05) is 11.6 Å². The molecule has 116 valence electrons. The van der Waals surface area contributed by atoms with Crippen LogP contribution in [-0.4, -0.2) is 11.0 Å². The summed E-state index contributed by atoms with van der Waals surface area (Å²) in [5, 5.41) is 10.3. The fourth-order valence-corrected chi connectivity index (χ4v) is 2.21. The number of benzene rings is 2.